The minimum Gasteiger partial charge on any atom is -0.344 e. The van der Waals surface area contributed by atoms with E-state index in [1.807, 2.05) is 0 Å². The van der Waals surface area contributed by atoms with Crippen LogP contribution >= 0.6 is 0 Å². The van der Waals surface area contributed by atoms with Crippen molar-refractivity contribution in [2.75, 3.05) is 0 Å². The van der Waals surface area contributed by atoms with Crippen LogP contribution in [0.2, 0.25) is 0 Å². The molecule has 0 aliphatic carbocycles. The SMILES string of the molecule is C#CC#CC#CC#CC#CC#CC#CC#CC#CC#CC#CC#CC#CC#CC#CC#CC.C#CC#CC#CC#CC#CC#CC#CC#CC#CC#CC#CC#CC#CC#CC#CC#CC#CC#CC.CC#CC#CC#CC#CC#CC#CC#CC#CC#CC#CC#CC#CC#CC#CC#CC.N.N#N.N/N=N/N.N=N/N=N/N.N=N/N=N/N=N.N=N/N=N/N=N/N.[N-]=[N+]=N.[Os]. The van der Waals surface area contributed by atoms with Gasteiger partial charge in [0.25, 0.3) is 0 Å². The summed E-state index contributed by atoms with van der Waals surface area (Å²) in [5, 5.41) is 48.7. The third-order valence-corrected chi connectivity index (χ3v) is 6.55. The Labute approximate surface area is 775 Å². The zero-order valence-electron chi connectivity index (χ0n) is 67.1. The van der Waals surface area contributed by atoms with Crippen LogP contribution < -0.4 is 29.5 Å². The van der Waals surface area contributed by atoms with Crippen LogP contribution in [0.25, 0.3) is 10.4 Å². The first-order valence-corrected chi connectivity index (χ1v) is 30.4. The molecule has 28 nitrogen and oxygen atoms in total. The van der Waals surface area contributed by atoms with E-state index in [1.54, 1.807) is 32.6 Å². The standard InChI is InChI=1S/C37H4.C33H4.C32H6.H3N7.H2N6.H3N5.H4N4.HN3.N2.H3N.Os/c1-3-5-7-9-11-13-15-17-19-21-23-25-27-29-31-33-35-37-36-34-32-30-28-26-24-22-20-18-16-14-12-10-8-6-4-2;1-3-5-7-9-11-13-15-17-19-21-23-25-27-29-31-33-32-30-28-26-24-22-20-18-16-14-12-10-8-6-4-2;1-3-5-7-9-11-13-15-17-19-21-23-25-27-29-31-32-30-28-26-24-22-20-18-16-14-12-10-8-6-4-2;1-3-5-7-6-4-2;1-3-5-6-4-2;1-3-5-4-2;1-3-4-2;1-3-2;1-2;;/h1H,2H3;1H,2H3;1-2H3;(H3,1,2,5,6);1-2H;(H3,1,2,5);(H2,1,4)(H2,2,3);1H;;1H3;/b;;;;3-1?,4-2?,6-5+;;;;;;. The fourth-order valence-electron chi connectivity index (χ4n) is 3.07. The van der Waals surface area contributed by atoms with E-state index in [-0.39, 0.29) is 25.9 Å². The molecular weight excluding hydrogens is 1810 g/mol. The number of nitrogens with two attached hydrogens (primary N) is 4. The van der Waals surface area contributed by atoms with Crippen LogP contribution in [0.4, 0.5) is 0 Å². The summed E-state index contributed by atoms with van der Waals surface area (Å²) in [6.07, 6.45) is 9.85. The summed E-state index contributed by atoms with van der Waals surface area (Å²) < 4.78 is 0. The molecular formula is C102H30N28Os. The first-order valence-electron chi connectivity index (χ1n) is 30.4. The Balaban J connectivity index is -0.000000159. The maximum Gasteiger partial charge on any atom is 0 e. The van der Waals surface area contributed by atoms with Crippen LogP contribution in [0.15, 0.2) is 73.1 Å². The molecule has 0 aliphatic heterocycles. The monoisotopic (exact) mass is 1840 g/mol. The Hall–Kier alpha value is -26.6. The van der Waals surface area contributed by atoms with E-state index in [0.717, 1.165) is 0 Å². The molecule has 0 radical (unpaired) electrons. The maximum atomic E-state index is 6.86. The van der Waals surface area contributed by atoms with Gasteiger partial charge in [0.2, 0.25) is 0 Å². The zero-order chi connectivity index (χ0) is 96.5. The fourth-order valence-corrected chi connectivity index (χ4v) is 3.07. The maximum absolute atomic E-state index is 6.86. The molecule has 0 bridgehead atoms. The number of terminal acetylenes is 2. The molecule has 0 spiro atoms. The van der Waals surface area contributed by atoms with E-state index < -0.39 is 0 Å². The number of hydrogen-bond donors (Lipinski definition) is 10. The molecule has 0 aromatic carbocycles. The quantitative estimate of drug-likeness (QED) is 0.0344. The largest absolute Gasteiger partial charge is 0.344 e. The second-order valence-electron chi connectivity index (χ2n) is 14.0. The van der Waals surface area contributed by atoms with Crippen molar-refractivity contribution in [2.24, 2.45) is 96.5 Å². The van der Waals surface area contributed by atoms with E-state index in [4.69, 9.17) is 56.8 Å². The van der Waals surface area contributed by atoms with Gasteiger partial charge in [0.15, 0.2) is 0 Å². The molecule has 0 saturated carbocycles. The molecule has 0 amide bonds. The Kier molecular flexibility index (Phi) is 149. The molecule has 0 aromatic rings. The predicted octanol–water partition coefficient (Wildman–Crippen LogP) is 4.93. The third-order valence-electron chi connectivity index (χ3n) is 6.55. The van der Waals surface area contributed by atoms with Gasteiger partial charge < -0.3 is 29.5 Å². The molecule has 0 aromatic heterocycles. The third kappa shape index (κ3) is 182. The van der Waals surface area contributed by atoms with Crippen LogP contribution in [0.5, 0.6) is 0 Å². The van der Waals surface area contributed by atoms with Gasteiger partial charge in [-0.3, -0.25) is 0 Å². The molecule has 0 rings (SSSR count). The Morgan fingerprint density at radius 1 is 0.191 bits per heavy atom. The van der Waals surface area contributed by atoms with Crippen molar-refractivity contribution in [1.29, 1.82) is 38.4 Å². The van der Waals surface area contributed by atoms with E-state index in [9.17, 15) is 0 Å². The van der Waals surface area contributed by atoms with Crippen LogP contribution in [-0.2, 0) is 19.8 Å². The number of nitrogens with zero attached hydrogens (tertiary/aromatic N) is 18. The number of rotatable bonds is 5. The number of nitrogens with one attached hydrogen (secondary N) is 5. The van der Waals surface area contributed by atoms with Gasteiger partial charge >= 0.3 is 0 Å². The second kappa shape index (κ2) is 152. The first-order chi connectivity index (χ1) is 63.8. The van der Waals surface area contributed by atoms with Crippen LogP contribution in [-0.4, -0.2) is 0 Å². The zero-order valence-corrected chi connectivity index (χ0v) is 69.6. The summed E-state index contributed by atoms with van der Waals surface area (Å²) in [4.78, 5) is 1.75. The molecule has 16 N–H and O–H groups in total. The molecule has 0 saturated heterocycles. The molecule has 0 atom stereocenters. The van der Waals surface area contributed by atoms with E-state index >= 15 is 0 Å². The Bertz CT molecular complexity index is 7800. The number of hydrogen-bond acceptors (Lipinski definition) is 12. The fraction of sp³-hybridized carbons (Fsp3) is 0.0392. The van der Waals surface area contributed by atoms with Gasteiger partial charge in [-0.15, -0.1) is 18.4 Å². The van der Waals surface area contributed by atoms with Gasteiger partial charge in [0, 0.05) is 291 Å². The smallest absolute Gasteiger partial charge is 0 e. The topological polar surface area (TPSA) is 515 Å². The molecule has 586 valence electrons. The van der Waals surface area contributed by atoms with Crippen molar-refractivity contribution in [3.8, 4) is 581 Å². The summed E-state index contributed by atoms with van der Waals surface area (Å²) >= 11 is 0. The Morgan fingerprint density at radius 2 is 0.282 bits per heavy atom. The average molecular weight is 1840 g/mol. The van der Waals surface area contributed by atoms with Gasteiger partial charge in [-0.2, -0.15) is 22.1 Å². The average Bonchev–Trinajstić information content (AvgIpc) is 1.13. The Morgan fingerprint density at radius 3 is 0.351 bits per heavy atom. The van der Waals surface area contributed by atoms with Crippen LogP contribution in [0, 0.1) is 620 Å². The van der Waals surface area contributed by atoms with Gasteiger partial charge in [0.05, 0.1) is 0 Å². The summed E-state index contributed by atoms with van der Waals surface area (Å²) in [5.41, 5.74) is 36.0. The second-order valence-corrected chi connectivity index (χ2v) is 14.0. The predicted molar refractivity (Wildman–Crippen MR) is 485 cm³/mol. The first kappa shape index (κ1) is 128. The van der Waals surface area contributed by atoms with Crippen LogP contribution in [0.3, 0.4) is 0 Å². The van der Waals surface area contributed by atoms with Crippen molar-refractivity contribution in [3.63, 3.8) is 0 Å². The van der Waals surface area contributed by atoms with Gasteiger partial charge in [0.1, 0.15) is 0 Å². The van der Waals surface area contributed by atoms with E-state index in [0.29, 0.717) is 0 Å². The summed E-state index contributed by atoms with van der Waals surface area (Å²) in [6, 6.07) is 0. The van der Waals surface area contributed by atoms with Crippen molar-refractivity contribution in [3.05, 3.63) is 10.4 Å². The molecule has 0 heterocycles. The van der Waals surface area contributed by atoms with Gasteiger partial charge in [-0.25, -0.2) is 0 Å². The van der Waals surface area contributed by atoms with Gasteiger partial charge in [-0.05, 0) is 375 Å². The summed E-state index contributed by atoms with van der Waals surface area (Å²) in [7, 11) is 0. The minimum absolute atomic E-state index is 0. The minimum atomic E-state index is 0. The molecule has 0 aliphatic rings. The van der Waals surface area contributed by atoms with Crippen molar-refractivity contribution < 1.29 is 19.8 Å². The van der Waals surface area contributed by atoms with Crippen LogP contribution in [0.1, 0.15) is 27.7 Å². The van der Waals surface area contributed by atoms with Crippen molar-refractivity contribution in [2.45, 2.75) is 27.7 Å². The van der Waals surface area contributed by atoms with Gasteiger partial charge in [-0.1, -0.05) is 44.6 Å². The van der Waals surface area contributed by atoms with E-state index in [1.165, 1.54) is 0 Å². The van der Waals surface area contributed by atoms with E-state index in [2.05, 4.69) is 665 Å². The summed E-state index contributed by atoms with van der Waals surface area (Å²) in [5.74, 6) is 257. The molecule has 131 heavy (non-hydrogen) atoms. The van der Waals surface area contributed by atoms with Crippen molar-refractivity contribution in [1.82, 2.24) is 6.15 Å². The summed E-state index contributed by atoms with van der Waals surface area (Å²) in [6.45, 7) is 6.77. The normalized spacial score (nSPS) is 4.70. The molecule has 0 fully saturated rings. The van der Waals surface area contributed by atoms with Crippen molar-refractivity contribution >= 4 is 0 Å². The molecule has 0 unspecified atom stereocenters. The molecule has 29 heteroatoms.